The molecule has 0 fully saturated rings. The number of rotatable bonds is 3. The molecule has 1 heteroatoms. The van der Waals surface area contributed by atoms with Crippen LogP contribution in [0.2, 0.25) is 0 Å². The van der Waals surface area contributed by atoms with E-state index in [1.54, 1.807) is 0 Å². The van der Waals surface area contributed by atoms with Crippen LogP contribution in [0.4, 0.5) is 0 Å². The zero-order chi connectivity index (χ0) is 38.7. The number of hydrogen-bond donors (Lipinski definition) is 0. The highest BCUT2D eigenvalue weighted by Gasteiger charge is 2.18. The van der Waals surface area contributed by atoms with Gasteiger partial charge in [0.15, 0.2) is 0 Å². The predicted molar refractivity (Wildman–Crippen MR) is 200 cm³/mol. The fourth-order valence-corrected chi connectivity index (χ4v) is 6.94. The Morgan fingerprint density at radius 1 is 0.383 bits per heavy atom. The summed E-state index contributed by atoms with van der Waals surface area (Å²) in [6, 6.07) is 35.3. The zero-order valence-electron chi connectivity index (χ0n) is 33.9. The lowest BCUT2D eigenvalue weighted by Crippen LogP contribution is -1.91. The van der Waals surface area contributed by atoms with E-state index < -0.39 is 30.2 Å². The standard InChI is InChI=1S/C46H28O/c1-2-11-33-27-34(22-19-29(33)9-1)30-17-20-32(21-18-30)44-37-13-5-7-15-39(37)45(40-16-8-6-14-38(40)44)35-24-26-43-42(28-35)41-25-23-31-10-3-4-12-36(31)46(41)47-43/h1-28H/i3D,4D,10D,12D,23D,24D,25D,26D,28D. The molecule has 10 rings (SSSR count). The van der Waals surface area contributed by atoms with Crippen LogP contribution in [0, 0.1) is 0 Å². The summed E-state index contributed by atoms with van der Waals surface area (Å²) in [5.41, 5.74) is 4.64. The summed E-state index contributed by atoms with van der Waals surface area (Å²) in [6.07, 6.45) is 0. The molecule has 0 atom stereocenters. The van der Waals surface area contributed by atoms with Crippen molar-refractivity contribution in [2.75, 3.05) is 0 Å². The summed E-state index contributed by atoms with van der Waals surface area (Å²) in [4.78, 5) is 0. The van der Waals surface area contributed by atoms with Crippen LogP contribution in [0.15, 0.2) is 174 Å². The van der Waals surface area contributed by atoms with Gasteiger partial charge in [-0.25, -0.2) is 0 Å². The summed E-state index contributed by atoms with van der Waals surface area (Å²) < 4.78 is 86.1. The lowest BCUT2D eigenvalue weighted by Gasteiger charge is -2.18. The average molecular weight is 606 g/mol. The molecule has 0 aliphatic rings. The molecule has 0 saturated heterocycles. The Hall–Kier alpha value is -6.18. The van der Waals surface area contributed by atoms with Gasteiger partial charge in [-0.3, -0.25) is 0 Å². The molecule has 1 heterocycles. The van der Waals surface area contributed by atoms with Crippen molar-refractivity contribution in [2.24, 2.45) is 0 Å². The minimum atomic E-state index is -0.535. The topological polar surface area (TPSA) is 13.1 Å². The average Bonchev–Trinajstić information content (AvgIpc) is 3.63. The second-order valence-electron chi connectivity index (χ2n) is 11.7. The van der Waals surface area contributed by atoms with Gasteiger partial charge in [-0.05, 0) is 95.3 Å². The Bertz CT molecular complexity index is 3290. The lowest BCUT2D eigenvalue weighted by molar-refractivity contribution is 0.672. The molecule has 47 heavy (non-hydrogen) atoms. The third-order valence-corrected chi connectivity index (χ3v) is 9.12. The molecule has 0 spiro atoms. The van der Waals surface area contributed by atoms with E-state index in [1.165, 1.54) is 10.8 Å². The highest BCUT2D eigenvalue weighted by molar-refractivity contribution is 6.22. The normalized spacial score (nSPS) is 14.5. The Morgan fingerprint density at radius 3 is 1.74 bits per heavy atom. The molecule has 0 saturated carbocycles. The molecular weight excluding hydrogens is 569 g/mol. The Kier molecular flexibility index (Phi) is 4.05. The minimum absolute atomic E-state index is 0.000912. The van der Waals surface area contributed by atoms with Gasteiger partial charge in [-0.1, -0.05) is 145 Å². The second kappa shape index (κ2) is 10.2. The quantitative estimate of drug-likeness (QED) is 0.183. The van der Waals surface area contributed by atoms with Crippen molar-refractivity contribution in [2.45, 2.75) is 0 Å². The van der Waals surface area contributed by atoms with Gasteiger partial charge >= 0.3 is 0 Å². The second-order valence-corrected chi connectivity index (χ2v) is 11.7. The van der Waals surface area contributed by atoms with Crippen LogP contribution < -0.4 is 0 Å². The van der Waals surface area contributed by atoms with Gasteiger partial charge in [0.2, 0.25) is 0 Å². The molecule has 0 amide bonds. The summed E-state index contributed by atoms with van der Waals surface area (Å²) in [5, 5.41) is 5.43. The van der Waals surface area contributed by atoms with Gasteiger partial charge < -0.3 is 4.42 Å². The molecule has 0 aliphatic heterocycles. The monoisotopic (exact) mass is 605 g/mol. The van der Waals surface area contributed by atoms with Crippen molar-refractivity contribution in [1.29, 1.82) is 0 Å². The van der Waals surface area contributed by atoms with E-state index in [0.29, 0.717) is 5.56 Å². The van der Waals surface area contributed by atoms with Crippen LogP contribution in [-0.4, -0.2) is 0 Å². The van der Waals surface area contributed by atoms with Crippen LogP contribution >= 0.6 is 0 Å². The molecule has 0 N–H and O–H groups in total. The van der Waals surface area contributed by atoms with Crippen molar-refractivity contribution in [3.05, 3.63) is 170 Å². The zero-order valence-corrected chi connectivity index (χ0v) is 24.9. The summed E-state index contributed by atoms with van der Waals surface area (Å²) in [6.45, 7) is 0. The van der Waals surface area contributed by atoms with Crippen molar-refractivity contribution < 1.29 is 16.8 Å². The molecule has 0 radical (unpaired) electrons. The number of fused-ring (bicyclic) bond motifs is 8. The van der Waals surface area contributed by atoms with Gasteiger partial charge in [0.1, 0.15) is 11.2 Å². The van der Waals surface area contributed by atoms with Gasteiger partial charge in [0, 0.05) is 16.2 Å². The molecule has 218 valence electrons. The number of furan rings is 1. The van der Waals surface area contributed by atoms with Gasteiger partial charge in [0.25, 0.3) is 0 Å². The predicted octanol–water partition coefficient (Wildman–Crippen LogP) is 13.2. The van der Waals surface area contributed by atoms with Crippen molar-refractivity contribution >= 4 is 65.0 Å². The maximum absolute atomic E-state index is 9.73. The van der Waals surface area contributed by atoms with E-state index >= 15 is 0 Å². The lowest BCUT2D eigenvalue weighted by atomic mass is 9.85. The first-order chi connectivity index (χ1) is 27.1. The van der Waals surface area contributed by atoms with E-state index in [2.05, 4.69) is 54.6 Å². The van der Waals surface area contributed by atoms with Crippen molar-refractivity contribution in [3.63, 3.8) is 0 Å². The summed E-state index contributed by atoms with van der Waals surface area (Å²) >= 11 is 0. The SMILES string of the molecule is [2H]c1c(-c2c3ccccc3c(-c3ccc(-c4ccc5ccccc5c4)cc3)c3ccccc23)c([2H])c2c(oc3c4c([2H])c([2H])c([2H])c([2H])c4c([2H])c([2H])c32)c1[2H]. The third-order valence-electron chi connectivity index (χ3n) is 9.12. The summed E-state index contributed by atoms with van der Waals surface area (Å²) in [5.74, 6) is 0. The number of hydrogen-bond acceptors (Lipinski definition) is 1. The summed E-state index contributed by atoms with van der Waals surface area (Å²) in [7, 11) is 0. The van der Waals surface area contributed by atoms with Crippen LogP contribution in [0.3, 0.4) is 0 Å². The first kappa shape index (κ1) is 18.7. The first-order valence-electron chi connectivity index (χ1n) is 19.9. The highest BCUT2D eigenvalue weighted by Crippen LogP contribution is 2.45. The third kappa shape index (κ3) is 4.03. The van der Waals surface area contributed by atoms with Crippen LogP contribution in [0.5, 0.6) is 0 Å². The molecule has 1 aromatic heterocycles. The fraction of sp³-hybridized carbons (Fsp3) is 0. The Morgan fingerprint density at radius 2 is 1.00 bits per heavy atom. The Labute approximate surface area is 284 Å². The minimum Gasteiger partial charge on any atom is -0.455 e. The van der Waals surface area contributed by atoms with Gasteiger partial charge in [-0.15, -0.1) is 0 Å². The molecule has 9 aromatic carbocycles. The molecule has 0 aliphatic carbocycles. The largest absolute Gasteiger partial charge is 0.455 e. The van der Waals surface area contributed by atoms with E-state index in [4.69, 9.17) is 12.6 Å². The smallest absolute Gasteiger partial charge is 0.143 e. The highest BCUT2D eigenvalue weighted by atomic mass is 16.3. The maximum Gasteiger partial charge on any atom is 0.143 e. The maximum atomic E-state index is 9.73. The molecule has 1 nitrogen and oxygen atoms in total. The molecular formula is C46H28O. The van der Waals surface area contributed by atoms with E-state index in [1.807, 2.05) is 60.7 Å². The van der Waals surface area contributed by atoms with E-state index in [0.717, 1.165) is 43.8 Å². The first-order valence-corrected chi connectivity index (χ1v) is 15.4. The van der Waals surface area contributed by atoms with Crippen molar-refractivity contribution in [1.82, 2.24) is 0 Å². The van der Waals surface area contributed by atoms with Crippen LogP contribution in [-0.2, 0) is 0 Å². The van der Waals surface area contributed by atoms with E-state index in [9.17, 15) is 4.11 Å². The van der Waals surface area contributed by atoms with Crippen LogP contribution in [0.1, 0.15) is 12.3 Å². The van der Waals surface area contributed by atoms with Crippen molar-refractivity contribution in [3.8, 4) is 33.4 Å². The van der Waals surface area contributed by atoms with Gasteiger partial charge in [0.05, 0.1) is 12.3 Å². The Balaban J connectivity index is 1.25. The molecule has 0 unspecified atom stereocenters. The number of benzene rings is 9. The fourth-order valence-electron chi connectivity index (χ4n) is 6.94. The molecule has 10 aromatic rings. The van der Waals surface area contributed by atoms with Gasteiger partial charge in [-0.2, -0.15) is 0 Å². The van der Waals surface area contributed by atoms with Crippen LogP contribution in [0.25, 0.3) is 98.4 Å². The molecule has 0 bridgehead atoms. The van der Waals surface area contributed by atoms with E-state index in [-0.39, 0.29) is 62.4 Å².